The van der Waals surface area contributed by atoms with E-state index < -0.39 is 0 Å². The summed E-state index contributed by atoms with van der Waals surface area (Å²) in [7, 11) is 0. The Morgan fingerprint density at radius 1 is 1.44 bits per heavy atom. The second-order valence-corrected chi connectivity index (χ2v) is 5.12. The molecule has 1 aliphatic carbocycles. The second-order valence-electron chi connectivity index (χ2n) is 5.12. The highest BCUT2D eigenvalue weighted by atomic mass is 15.1. The highest BCUT2D eigenvalue weighted by Crippen LogP contribution is 2.34. The molecule has 1 atom stereocenters. The summed E-state index contributed by atoms with van der Waals surface area (Å²) >= 11 is 0. The molecule has 0 saturated heterocycles. The van der Waals surface area contributed by atoms with Crippen molar-refractivity contribution in [1.82, 2.24) is 9.55 Å². The van der Waals surface area contributed by atoms with Crippen molar-refractivity contribution in [2.75, 3.05) is 0 Å². The van der Waals surface area contributed by atoms with Gasteiger partial charge in [0.2, 0.25) is 0 Å². The number of nitrogens with zero attached hydrogens (tertiary/aromatic N) is 2. The Balaban J connectivity index is 2.04. The van der Waals surface area contributed by atoms with Crippen LogP contribution in [0.3, 0.4) is 0 Å². The maximum Gasteiger partial charge on any atom is 0.125 e. The van der Waals surface area contributed by atoms with Gasteiger partial charge < -0.3 is 10.3 Å². The van der Waals surface area contributed by atoms with Crippen LogP contribution in [0.4, 0.5) is 0 Å². The first kappa shape index (κ1) is 11.6. The zero-order valence-electron chi connectivity index (χ0n) is 10.4. The van der Waals surface area contributed by atoms with Gasteiger partial charge in [-0.1, -0.05) is 19.8 Å². The molecule has 0 spiro atoms. The molecule has 0 radical (unpaired) electrons. The van der Waals surface area contributed by atoms with Gasteiger partial charge in [-0.05, 0) is 31.6 Å². The molecule has 2 N–H and O–H groups in total. The van der Waals surface area contributed by atoms with Gasteiger partial charge in [-0.15, -0.1) is 0 Å². The molecular weight excluding hydrogens is 198 g/mol. The lowest BCUT2D eigenvalue weighted by Crippen LogP contribution is -2.28. The van der Waals surface area contributed by atoms with Gasteiger partial charge >= 0.3 is 0 Å². The molecule has 1 unspecified atom stereocenters. The van der Waals surface area contributed by atoms with Crippen LogP contribution in [-0.4, -0.2) is 9.55 Å². The fourth-order valence-electron chi connectivity index (χ4n) is 2.74. The maximum atomic E-state index is 6.35. The lowest BCUT2D eigenvalue weighted by Gasteiger charge is -2.30. The third kappa shape index (κ3) is 2.29. The van der Waals surface area contributed by atoms with Crippen LogP contribution in [0.5, 0.6) is 0 Å². The summed E-state index contributed by atoms with van der Waals surface area (Å²) in [6.45, 7) is 5.45. The second kappa shape index (κ2) is 5.00. The summed E-state index contributed by atoms with van der Waals surface area (Å²) < 4.78 is 2.17. The van der Waals surface area contributed by atoms with Gasteiger partial charge in [-0.25, -0.2) is 4.98 Å². The molecule has 90 valence electrons. The van der Waals surface area contributed by atoms with E-state index in [0.29, 0.717) is 5.92 Å². The minimum absolute atomic E-state index is 0.127. The highest BCUT2D eigenvalue weighted by Gasteiger charge is 2.26. The predicted octanol–water partition coefficient (Wildman–Crippen LogP) is 2.73. The maximum absolute atomic E-state index is 6.35. The van der Waals surface area contributed by atoms with E-state index in [0.717, 1.165) is 18.3 Å². The Labute approximate surface area is 98.1 Å². The number of imidazole rings is 1. The number of aromatic nitrogens is 2. The molecule has 0 aliphatic heterocycles. The van der Waals surface area contributed by atoms with Crippen molar-refractivity contribution in [2.45, 2.75) is 52.1 Å². The van der Waals surface area contributed by atoms with Crippen LogP contribution >= 0.6 is 0 Å². The minimum Gasteiger partial charge on any atom is -0.334 e. The molecule has 2 rings (SSSR count). The number of hydrogen-bond donors (Lipinski definition) is 1. The lowest BCUT2D eigenvalue weighted by atomic mass is 9.79. The first-order chi connectivity index (χ1) is 7.72. The summed E-state index contributed by atoms with van der Waals surface area (Å²) in [5.74, 6) is 2.58. The minimum atomic E-state index is 0.127. The molecule has 1 aliphatic rings. The molecule has 1 fully saturated rings. The smallest absolute Gasteiger partial charge is 0.125 e. The van der Waals surface area contributed by atoms with Crippen LogP contribution in [0.25, 0.3) is 0 Å². The van der Waals surface area contributed by atoms with E-state index in [-0.39, 0.29) is 6.04 Å². The first-order valence-electron chi connectivity index (χ1n) is 6.49. The Kier molecular flexibility index (Phi) is 3.64. The SMILES string of the molecule is CCn1ccnc1C(N)C1CCC(C)CC1. The Morgan fingerprint density at radius 2 is 2.12 bits per heavy atom. The molecule has 0 amide bonds. The Morgan fingerprint density at radius 3 is 2.75 bits per heavy atom. The molecular formula is C13H23N3. The Bertz CT molecular complexity index is 324. The van der Waals surface area contributed by atoms with E-state index in [1.807, 2.05) is 12.4 Å². The van der Waals surface area contributed by atoms with E-state index in [1.165, 1.54) is 25.7 Å². The summed E-state index contributed by atoms with van der Waals surface area (Å²) in [5.41, 5.74) is 6.35. The zero-order valence-corrected chi connectivity index (χ0v) is 10.4. The van der Waals surface area contributed by atoms with Crippen LogP contribution in [0.15, 0.2) is 12.4 Å². The third-order valence-corrected chi connectivity index (χ3v) is 3.95. The normalized spacial score (nSPS) is 27.9. The fraction of sp³-hybridized carbons (Fsp3) is 0.769. The van der Waals surface area contributed by atoms with Crippen LogP contribution < -0.4 is 5.73 Å². The zero-order chi connectivity index (χ0) is 11.5. The number of aryl methyl sites for hydroxylation is 1. The summed E-state index contributed by atoms with van der Waals surface area (Å²) in [6.07, 6.45) is 9.07. The average molecular weight is 221 g/mol. The van der Waals surface area contributed by atoms with Crippen molar-refractivity contribution in [3.63, 3.8) is 0 Å². The molecule has 3 heteroatoms. The van der Waals surface area contributed by atoms with Gasteiger partial charge in [0, 0.05) is 18.9 Å². The summed E-state index contributed by atoms with van der Waals surface area (Å²) in [4.78, 5) is 4.42. The van der Waals surface area contributed by atoms with Crippen LogP contribution in [-0.2, 0) is 6.54 Å². The number of rotatable bonds is 3. The van der Waals surface area contributed by atoms with Crippen LogP contribution in [0.1, 0.15) is 51.4 Å². The van der Waals surface area contributed by atoms with Crippen molar-refractivity contribution < 1.29 is 0 Å². The van der Waals surface area contributed by atoms with E-state index in [9.17, 15) is 0 Å². The molecule has 0 bridgehead atoms. The first-order valence-corrected chi connectivity index (χ1v) is 6.49. The fourth-order valence-corrected chi connectivity index (χ4v) is 2.74. The van der Waals surface area contributed by atoms with Gasteiger partial charge in [0.05, 0.1) is 6.04 Å². The number of nitrogens with two attached hydrogens (primary N) is 1. The van der Waals surface area contributed by atoms with Crippen molar-refractivity contribution in [3.05, 3.63) is 18.2 Å². The largest absolute Gasteiger partial charge is 0.334 e. The molecule has 3 nitrogen and oxygen atoms in total. The van der Waals surface area contributed by atoms with Crippen molar-refractivity contribution >= 4 is 0 Å². The molecule has 1 aromatic rings. The van der Waals surface area contributed by atoms with Crippen LogP contribution in [0.2, 0.25) is 0 Å². The van der Waals surface area contributed by atoms with Gasteiger partial charge in [0.1, 0.15) is 5.82 Å². The van der Waals surface area contributed by atoms with Gasteiger partial charge in [0.25, 0.3) is 0 Å². The summed E-state index contributed by atoms with van der Waals surface area (Å²) in [5, 5.41) is 0. The Hall–Kier alpha value is -0.830. The molecule has 0 aromatic carbocycles. The standard InChI is InChI=1S/C13H23N3/c1-3-16-9-8-15-13(16)12(14)11-6-4-10(2)5-7-11/h8-12H,3-7,14H2,1-2H3. The third-order valence-electron chi connectivity index (χ3n) is 3.95. The van der Waals surface area contributed by atoms with Crippen molar-refractivity contribution in [1.29, 1.82) is 0 Å². The summed E-state index contributed by atoms with van der Waals surface area (Å²) in [6, 6.07) is 0.127. The van der Waals surface area contributed by atoms with E-state index >= 15 is 0 Å². The molecule has 1 heterocycles. The van der Waals surface area contributed by atoms with Crippen molar-refractivity contribution in [2.24, 2.45) is 17.6 Å². The highest BCUT2D eigenvalue weighted by molar-refractivity contribution is 5.01. The van der Waals surface area contributed by atoms with Gasteiger partial charge in [-0.3, -0.25) is 0 Å². The topological polar surface area (TPSA) is 43.8 Å². The van der Waals surface area contributed by atoms with E-state index in [4.69, 9.17) is 5.73 Å². The van der Waals surface area contributed by atoms with E-state index in [1.54, 1.807) is 0 Å². The van der Waals surface area contributed by atoms with Crippen LogP contribution in [0, 0.1) is 11.8 Å². The molecule has 16 heavy (non-hydrogen) atoms. The molecule has 1 saturated carbocycles. The van der Waals surface area contributed by atoms with Gasteiger partial charge in [-0.2, -0.15) is 0 Å². The van der Waals surface area contributed by atoms with E-state index in [2.05, 4.69) is 23.4 Å². The molecule has 1 aromatic heterocycles. The lowest BCUT2D eigenvalue weighted by molar-refractivity contribution is 0.248. The average Bonchev–Trinajstić information content (AvgIpc) is 2.77. The predicted molar refractivity (Wildman–Crippen MR) is 66.0 cm³/mol. The number of hydrogen-bond acceptors (Lipinski definition) is 2. The van der Waals surface area contributed by atoms with Gasteiger partial charge in [0.15, 0.2) is 0 Å². The monoisotopic (exact) mass is 221 g/mol. The van der Waals surface area contributed by atoms with Crippen molar-refractivity contribution in [3.8, 4) is 0 Å². The quantitative estimate of drug-likeness (QED) is 0.853.